The monoisotopic (exact) mass is 298 g/mol. The minimum atomic E-state index is -2.83. The normalized spacial score (nSPS) is 11.4. The van der Waals surface area contributed by atoms with Crippen LogP contribution in [0.15, 0.2) is 29.4 Å². The minimum Gasteiger partial charge on any atom is -0.314 e. The smallest absolute Gasteiger partial charge is 0.314 e. The van der Waals surface area contributed by atoms with Crippen molar-refractivity contribution in [1.82, 2.24) is 0 Å². The van der Waals surface area contributed by atoms with Gasteiger partial charge in [0.25, 0.3) is 0 Å². The van der Waals surface area contributed by atoms with E-state index in [9.17, 15) is 0 Å². The Hall–Kier alpha value is -1.25. The van der Waals surface area contributed by atoms with E-state index in [0.29, 0.717) is 24.3 Å². The van der Waals surface area contributed by atoms with Gasteiger partial charge < -0.3 is 4.62 Å². The molecule has 5 nitrogen and oxygen atoms in total. The van der Waals surface area contributed by atoms with Crippen molar-refractivity contribution >= 4 is 24.7 Å². The molecule has 0 fully saturated rings. The number of hydrogen-bond donors (Lipinski definition) is 0. The van der Waals surface area contributed by atoms with Crippen molar-refractivity contribution in [2.45, 2.75) is 13.8 Å². The molecule has 0 aliphatic carbocycles. The van der Waals surface area contributed by atoms with Crippen LogP contribution in [0.2, 0.25) is 0 Å². The molecule has 0 bridgehead atoms. The lowest BCUT2D eigenvalue weighted by atomic mass is 10.1. The van der Waals surface area contributed by atoms with Crippen LogP contribution in [-0.4, -0.2) is 19.4 Å². The zero-order chi connectivity index (χ0) is 14.1. The van der Waals surface area contributed by atoms with E-state index in [1.54, 1.807) is 32.0 Å². The second-order valence-corrected chi connectivity index (χ2v) is 6.21. The molecular formula is C12H15N2O3PS. The summed E-state index contributed by atoms with van der Waals surface area (Å²) in [6, 6.07) is 9.11. The van der Waals surface area contributed by atoms with E-state index in [-0.39, 0.29) is 0 Å². The molecule has 19 heavy (non-hydrogen) atoms. The average molecular weight is 298 g/mol. The Bertz CT molecular complexity index is 518. The maximum Gasteiger partial charge on any atom is 0.402 e. The Morgan fingerprint density at radius 2 is 1.95 bits per heavy atom. The fraction of sp³-hybridized carbons (Fsp3) is 0.333. The van der Waals surface area contributed by atoms with Crippen LogP contribution < -0.4 is 0 Å². The molecule has 0 aromatic heterocycles. The molecule has 0 aliphatic heterocycles. The number of benzene rings is 1. The number of nitrogens with zero attached hydrogens (tertiary/aromatic N) is 2. The molecule has 0 atom stereocenters. The number of oxime groups is 1. The van der Waals surface area contributed by atoms with E-state index in [0.717, 1.165) is 0 Å². The van der Waals surface area contributed by atoms with Gasteiger partial charge in [0.1, 0.15) is 0 Å². The van der Waals surface area contributed by atoms with E-state index in [2.05, 4.69) is 11.2 Å². The average Bonchev–Trinajstić information content (AvgIpc) is 2.40. The standard InChI is InChI=1S/C12H15N2O3PS/c1-3-15-18(19,16-4-2)17-14-10-12-8-6-5-7-11(12)9-13/h5-8,10H,3-4H2,1-2H3. The first kappa shape index (κ1) is 15.8. The van der Waals surface area contributed by atoms with Crippen molar-refractivity contribution in [1.29, 1.82) is 5.26 Å². The van der Waals surface area contributed by atoms with Crippen molar-refractivity contribution in [3.8, 4) is 6.07 Å². The van der Waals surface area contributed by atoms with Crippen LogP contribution in [0.1, 0.15) is 25.0 Å². The van der Waals surface area contributed by atoms with E-state index in [4.69, 9.17) is 30.7 Å². The van der Waals surface area contributed by atoms with Crippen molar-refractivity contribution in [3.05, 3.63) is 35.4 Å². The highest BCUT2D eigenvalue weighted by Crippen LogP contribution is 2.49. The lowest BCUT2D eigenvalue weighted by Gasteiger charge is -2.16. The summed E-state index contributed by atoms with van der Waals surface area (Å²) in [5.41, 5.74) is 1.16. The molecule has 0 heterocycles. The largest absolute Gasteiger partial charge is 0.402 e. The Balaban J connectivity index is 2.76. The van der Waals surface area contributed by atoms with Gasteiger partial charge in [0.05, 0.1) is 31.1 Å². The minimum absolute atomic E-state index is 0.390. The predicted molar refractivity (Wildman–Crippen MR) is 77.4 cm³/mol. The lowest BCUT2D eigenvalue weighted by molar-refractivity contribution is 0.172. The van der Waals surface area contributed by atoms with Crippen LogP contribution in [0, 0.1) is 11.3 Å². The van der Waals surface area contributed by atoms with Crippen LogP contribution in [0.3, 0.4) is 0 Å². The topological polar surface area (TPSA) is 63.8 Å². The van der Waals surface area contributed by atoms with Gasteiger partial charge in [-0.2, -0.15) is 5.26 Å². The molecule has 0 saturated heterocycles. The molecular weight excluding hydrogens is 283 g/mol. The summed E-state index contributed by atoms with van der Waals surface area (Å²) in [5.74, 6) is 0. The lowest BCUT2D eigenvalue weighted by Crippen LogP contribution is -1.97. The highest BCUT2D eigenvalue weighted by atomic mass is 32.5. The van der Waals surface area contributed by atoms with Crippen molar-refractivity contribution < 1.29 is 13.7 Å². The Morgan fingerprint density at radius 1 is 1.32 bits per heavy atom. The number of rotatable bonds is 7. The molecule has 0 saturated carbocycles. The zero-order valence-electron chi connectivity index (χ0n) is 10.8. The van der Waals surface area contributed by atoms with Gasteiger partial charge in [0.15, 0.2) is 0 Å². The summed E-state index contributed by atoms with van der Waals surface area (Å²) in [7, 11) is 0. The third kappa shape index (κ3) is 5.09. The van der Waals surface area contributed by atoms with Crippen molar-refractivity contribution in [3.63, 3.8) is 0 Å². The molecule has 1 rings (SSSR count). The number of hydrogen-bond acceptors (Lipinski definition) is 6. The third-order valence-electron chi connectivity index (χ3n) is 1.99. The Kier molecular flexibility index (Phi) is 6.68. The SMILES string of the molecule is CCOP(=S)(OCC)ON=Cc1ccccc1C#N. The molecule has 0 unspecified atom stereocenters. The predicted octanol–water partition coefficient (Wildman–Crippen LogP) is 3.21. The molecule has 7 heteroatoms. The van der Waals surface area contributed by atoms with Gasteiger partial charge in [-0.15, -0.1) is 0 Å². The van der Waals surface area contributed by atoms with Gasteiger partial charge in [0, 0.05) is 17.4 Å². The van der Waals surface area contributed by atoms with Crippen LogP contribution >= 0.6 is 6.72 Å². The maximum atomic E-state index is 8.93. The Morgan fingerprint density at radius 3 is 2.53 bits per heavy atom. The Labute approximate surface area is 118 Å². The van der Waals surface area contributed by atoms with Gasteiger partial charge in [-0.3, -0.25) is 9.05 Å². The molecule has 0 aliphatic rings. The van der Waals surface area contributed by atoms with Crippen molar-refractivity contribution in [2.75, 3.05) is 13.2 Å². The molecule has 0 radical (unpaired) electrons. The van der Waals surface area contributed by atoms with E-state index < -0.39 is 6.72 Å². The fourth-order valence-electron chi connectivity index (χ4n) is 1.25. The first-order chi connectivity index (χ1) is 9.15. The molecule has 0 spiro atoms. The third-order valence-corrected chi connectivity index (χ3v) is 4.27. The van der Waals surface area contributed by atoms with Crippen LogP contribution in [0.4, 0.5) is 0 Å². The summed E-state index contributed by atoms with van der Waals surface area (Å²) in [6.45, 7) is 1.56. The second kappa shape index (κ2) is 8.03. The van der Waals surface area contributed by atoms with Gasteiger partial charge in [-0.25, -0.2) is 0 Å². The quantitative estimate of drug-likeness (QED) is 0.439. The van der Waals surface area contributed by atoms with Crippen LogP contribution in [0.25, 0.3) is 0 Å². The van der Waals surface area contributed by atoms with E-state index in [1.165, 1.54) is 6.21 Å². The van der Waals surface area contributed by atoms with Crippen LogP contribution in [0.5, 0.6) is 0 Å². The summed E-state index contributed by atoms with van der Waals surface area (Å²) in [4.78, 5) is 0. The second-order valence-electron chi connectivity index (χ2n) is 3.30. The van der Waals surface area contributed by atoms with Crippen LogP contribution in [-0.2, 0) is 25.5 Å². The first-order valence-corrected chi connectivity index (χ1v) is 8.31. The van der Waals surface area contributed by atoms with Gasteiger partial charge in [-0.05, 0) is 19.9 Å². The fourth-order valence-corrected chi connectivity index (χ4v) is 2.96. The molecule has 1 aromatic carbocycles. The first-order valence-electron chi connectivity index (χ1n) is 5.75. The molecule has 0 amide bonds. The van der Waals surface area contributed by atoms with E-state index >= 15 is 0 Å². The molecule has 0 N–H and O–H groups in total. The summed E-state index contributed by atoms with van der Waals surface area (Å²) in [6.07, 6.45) is 1.43. The summed E-state index contributed by atoms with van der Waals surface area (Å²) in [5, 5.41) is 12.7. The highest BCUT2D eigenvalue weighted by molar-refractivity contribution is 8.07. The van der Waals surface area contributed by atoms with E-state index in [1.807, 2.05) is 6.07 Å². The highest BCUT2D eigenvalue weighted by Gasteiger charge is 2.20. The number of nitriles is 1. The summed E-state index contributed by atoms with van der Waals surface area (Å²) < 4.78 is 15.7. The van der Waals surface area contributed by atoms with Gasteiger partial charge in [-0.1, -0.05) is 23.4 Å². The summed E-state index contributed by atoms with van der Waals surface area (Å²) >= 11 is 5.14. The molecule has 1 aromatic rings. The maximum absolute atomic E-state index is 8.93. The van der Waals surface area contributed by atoms with Gasteiger partial charge >= 0.3 is 6.72 Å². The van der Waals surface area contributed by atoms with Gasteiger partial charge in [0.2, 0.25) is 0 Å². The van der Waals surface area contributed by atoms with Crippen molar-refractivity contribution in [2.24, 2.45) is 5.16 Å². The zero-order valence-corrected chi connectivity index (χ0v) is 12.5. The molecule has 102 valence electrons.